The summed E-state index contributed by atoms with van der Waals surface area (Å²) < 4.78 is 1.57. The van der Waals surface area contributed by atoms with Crippen LogP contribution >= 0.6 is 0 Å². The molecule has 0 atom stereocenters. The van der Waals surface area contributed by atoms with E-state index in [4.69, 9.17) is 16.6 Å². The number of nitrogens with zero attached hydrogens (tertiary/aromatic N) is 1. The van der Waals surface area contributed by atoms with Crippen LogP contribution in [0.3, 0.4) is 0 Å². The van der Waals surface area contributed by atoms with E-state index in [1.807, 2.05) is 0 Å². The number of nitrogen functional groups attached to an aromatic ring is 2. The van der Waals surface area contributed by atoms with Crippen LogP contribution in [-0.2, 0) is 0 Å². The smallest absolute Gasteiger partial charge is 0.145 e. The summed E-state index contributed by atoms with van der Waals surface area (Å²) in [6, 6.07) is 1.69. The Morgan fingerprint density at radius 1 is 1.55 bits per heavy atom. The number of aromatic nitrogens is 1. The number of anilines is 2. The molecule has 11 heavy (non-hydrogen) atoms. The van der Waals surface area contributed by atoms with E-state index in [-0.39, 0.29) is 6.61 Å². The first-order valence-electron chi connectivity index (χ1n) is 3.32. The minimum Gasteiger partial charge on any atom is -0.396 e. The minimum atomic E-state index is 0.0670. The molecule has 0 bridgehead atoms. The van der Waals surface area contributed by atoms with Crippen molar-refractivity contribution in [2.45, 2.75) is 0 Å². The molecule has 0 aromatic carbocycles. The van der Waals surface area contributed by atoms with Gasteiger partial charge in [0.1, 0.15) is 5.82 Å². The van der Waals surface area contributed by atoms with Gasteiger partial charge in [0.2, 0.25) is 0 Å². The molecule has 0 amide bonds. The second-order valence-electron chi connectivity index (χ2n) is 2.16. The van der Waals surface area contributed by atoms with Gasteiger partial charge in [0.15, 0.2) is 0 Å². The number of rotatable bonds is 3. The molecule has 0 aliphatic carbocycles. The molecule has 0 aliphatic heterocycles. The van der Waals surface area contributed by atoms with E-state index < -0.39 is 0 Å². The Morgan fingerprint density at radius 2 is 2.27 bits per heavy atom. The molecule has 0 saturated heterocycles. The Kier molecular flexibility index (Phi) is 2.22. The fourth-order valence-electron chi connectivity index (χ4n) is 0.768. The van der Waals surface area contributed by atoms with Crippen molar-refractivity contribution >= 4 is 11.5 Å². The molecule has 0 saturated carbocycles. The van der Waals surface area contributed by atoms with Crippen molar-refractivity contribution in [3.05, 3.63) is 12.3 Å². The van der Waals surface area contributed by atoms with Gasteiger partial charge in [-0.3, -0.25) is 0 Å². The molecule has 0 radical (unpaired) electrons. The second-order valence-corrected chi connectivity index (χ2v) is 2.16. The Hall–Kier alpha value is -1.36. The van der Waals surface area contributed by atoms with Gasteiger partial charge in [-0.2, -0.15) is 0 Å². The van der Waals surface area contributed by atoms with Crippen LogP contribution in [0.4, 0.5) is 11.5 Å². The van der Waals surface area contributed by atoms with Gasteiger partial charge in [-0.25, -0.2) is 4.68 Å². The van der Waals surface area contributed by atoms with Crippen molar-refractivity contribution in [2.24, 2.45) is 0 Å². The highest BCUT2D eigenvalue weighted by Gasteiger charge is 1.98. The van der Waals surface area contributed by atoms with Crippen LogP contribution in [0, 0.1) is 0 Å². The number of hydrogen-bond acceptors (Lipinski definition) is 4. The lowest BCUT2D eigenvalue weighted by Gasteiger charge is -2.07. The van der Waals surface area contributed by atoms with Crippen LogP contribution in [0.15, 0.2) is 12.3 Å². The van der Waals surface area contributed by atoms with Gasteiger partial charge in [0.05, 0.1) is 18.8 Å². The van der Waals surface area contributed by atoms with Crippen LogP contribution < -0.4 is 16.9 Å². The first kappa shape index (κ1) is 7.74. The highest BCUT2D eigenvalue weighted by atomic mass is 16.3. The molecular formula is C6H12N4O. The Labute approximate surface area is 64.6 Å². The van der Waals surface area contributed by atoms with Crippen molar-refractivity contribution in [3.8, 4) is 0 Å². The SMILES string of the molecule is Nc1ccn(NCCO)c1N. The monoisotopic (exact) mass is 156 g/mol. The zero-order chi connectivity index (χ0) is 8.27. The highest BCUT2D eigenvalue weighted by molar-refractivity contribution is 5.59. The van der Waals surface area contributed by atoms with Crippen LogP contribution in [-0.4, -0.2) is 22.9 Å². The Morgan fingerprint density at radius 3 is 2.73 bits per heavy atom. The predicted octanol–water partition coefficient (Wildman–Crippen LogP) is -0.812. The molecule has 62 valence electrons. The number of nitrogens with two attached hydrogens (primary N) is 2. The third-order valence-corrected chi connectivity index (χ3v) is 1.35. The van der Waals surface area contributed by atoms with E-state index >= 15 is 0 Å². The Balaban J connectivity index is 2.63. The lowest BCUT2D eigenvalue weighted by molar-refractivity contribution is 0.307. The van der Waals surface area contributed by atoms with Crippen LogP contribution in [0.25, 0.3) is 0 Å². The minimum absolute atomic E-state index is 0.0670. The summed E-state index contributed by atoms with van der Waals surface area (Å²) in [6.07, 6.45) is 1.71. The van der Waals surface area contributed by atoms with E-state index in [0.29, 0.717) is 18.1 Å². The van der Waals surface area contributed by atoms with Crippen molar-refractivity contribution < 1.29 is 5.11 Å². The average Bonchev–Trinajstić information content (AvgIpc) is 2.31. The van der Waals surface area contributed by atoms with Crippen molar-refractivity contribution in [1.82, 2.24) is 4.68 Å². The molecule has 1 rings (SSSR count). The number of hydrogen-bond donors (Lipinski definition) is 4. The van der Waals surface area contributed by atoms with Gasteiger partial charge in [-0.05, 0) is 6.07 Å². The topological polar surface area (TPSA) is 89.2 Å². The quantitative estimate of drug-likeness (QED) is 0.460. The highest BCUT2D eigenvalue weighted by Crippen LogP contribution is 2.12. The summed E-state index contributed by atoms with van der Waals surface area (Å²) >= 11 is 0. The zero-order valence-electron chi connectivity index (χ0n) is 6.12. The molecular weight excluding hydrogens is 144 g/mol. The lowest BCUT2D eigenvalue weighted by atomic mass is 10.5. The molecule has 0 unspecified atom stereocenters. The number of aliphatic hydroxyl groups is 1. The maximum atomic E-state index is 8.48. The third kappa shape index (κ3) is 1.56. The average molecular weight is 156 g/mol. The van der Waals surface area contributed by atoms with Crippen molar-refractivity contribution in [2.75, 3.05) is 30.0 Å². The maximum absolute atomic E-state index is 8.48. The van der Waals surface area contributed by atoms with E-state index in [9.17, 15) is 0 Å². The van der Waals surface area contributed by atoms with Gasteiger partial charge < -0.3 is 22.0 Å². The van der Waals surface area contributed by atoms with Gasteiger partial charge in [0.25, 0.3) is 0 Å². The van der Waals surface area contributed by atoms with Crippen molar-refractivity contribution in [3.63, 3.8) is 0 Å². The van der Waals surface area contributed by atoms with E-state index in [1.165, 1.54) is 0 Å². The molecule has 0 aliphatic rings. The zero-order valence-corrected chi connectivity index (χ0v) is 6.12. The summed E-state index contributed by atoms with van der Waals surface area (Å²) in [4.78, 5) is 0. The summed E-state index contributed by atoms with van der Waals surface area (Å²) in [5, 5.41) is 8.48. The lowest BCUT2D eigenvalue weighted by Crippen LogP contribution is -2.19. The summed E-state index contributed by atoms with van der Waals surface area (Å²) in [5.41, 5.74) is 14.4. The normalized spacial score (nSPS) is 9.91. The maximum Gasteiger partial charge on any atom is 0.145 e. The molecule has 0 spiro atoms. The van der Waals surface area contributed by atoms with Crippen molar-refractivity contribution in [1.29, 1.82) is 0 Å². The molecule has 1 aromatic heterocycles. The van der Waals surface area contributed by atoms with Crippen LogP contribution in [0.2, 0.25) is 0 Å². The van der Waals surface area contributed by atoms with Gasteiger partial charge in [-0.1, -0.05) is 0 Å². The molecule has 6 N–H and O–H groups in total. The molecule has 1 heterocycles. The molecule has 0 fully saturated rings. The molecule has 5 nitrogen and oxygen atoms in total. The second kappa shape index (κ2) is 3.16. The van der Waals surface area contributed by atoms with Gasteiger partial charge in [-0.15, -0.1) is 0 Å². The van der Waals surface area contributed by atoms with E-state index in [2.05, 4.69) is 5.43 Å². The number of aliphatic hydroxyl groups excluding tert-OH is 1. The fourth-order valence-corrected chi connectivity index (χ4v) is 0.768. The third-order valence-electron chi connectivity index (χ3n) is 1.35. The first-order valence-corrected chi connectivity index (χ1v) is 3.32. The first-order chi connectivity index (χ1) is 5.25. The summed E-state index contributed by atoms with van der Waals surface area (Å²) in [6.45, 7) is 0.524. The molecule has 5 heteroatoms. The molecule has 1 aromatic rings. The van der Waals surface area contributed by atoms with E-state index in [0.717, 1.165) is 0 Å². The van der Waals surface area contributed by atoms with E-state index in [1.54, 1.807) is 16.9 Å². The predicted molar refractivity (Wildman–Crippen MR) is 44.6 cm³/mol. The number of nitrogens with one attached hydrogen (secondary N) is 1. The fraction of sp³-hybridized carbons (Fsp3) is 0.333. The summed E-state index contributed by atoms with van der Waals surface area (Å²) in [7, 11) is 0. The summed E-state index contributed by atoms with van der Waals surface area (Å²) in [5.74, 6) is 0.471. The standard InChI is InChI=1S/C6H12N4O/c7-5-1-3-10(6(5)8)9-2-4-11/h1,3,9,11H,2,4,7-8H2. The van der Waals surface area contributed by atoms with Gasteiger partial charge >= 0.3 is 0 Å². The Bertz CT molecular complexity index is 232. The van der Waals surface area contributed by atoms with Gasteiger partial charge in [0, 0.05) is 6.20 Å². The van der Waals surface area contributed by atoms with Crippen LogP contribution in [0.5, 0.6) is 0 Å². The van der Waals surface area contributed by atoms with Crippen LogP contribution in [0.1, 0.15) is 0 Å². The largest absolute Gasteiger partial charge is 0.396 e.